The average molecular weight is 198 g/mol. The Balaban J connectivity index is 2.08. The van der Waals surface area contributed by atoms with E-state index in [0.717, 1.165) is 12.8 Å². The predicted octanol–water partition coefficient (Wildman–Crippen LogP) is 1.35. The zero-order valence-corrected chi connectivity index (χ0v) is 8.12. The molecule has 0 aromatic carbocycles. The number of carboxylic acid groups (broad SMARTS) is 2. The predicted molar refractivity (Wildman–Crippen MR) is 47.8 cm³/mol. The average Bonchev–Trinajstić information content (AvgIpc) is 1.91. The van der Waals surface area contributed by atoms with Crippen molar-refractivity contribution in [1.82, 2.24) is 0 Å². The maximum absolute atomic E-state index is 10.9. The summed E-state index contributed by atoms with van der Waals surface area (Å²) in [7, 11) is 0. The molecule has 0 amide bonds. The maximum atomic E-state index is 10.9. The van der Waals surface area contributed by atoms with Gasteiger partial charge in [0.2, 0.25) is 0 Å². The van der Waals surface area contributed by atoms with Crippen molar-refractivity contribution in [2.24, 2.45) is 16.7 Å². The van der Waals surface area contributed by atoms with Gasteiger partial charge in [0.1, 0.15) is 0 Å². The van der Waals surface area contributed by atoms with Gasteiger partial charge in [-0.2, -0.15) is 0 Å². The molecule has 0 saturated heterocycles. The van der Waals surface area contributed by atoms with Gasteiger partial charge in [-0.1, -0.05) is 6.92 Å². The Morgan fingerprint density at radius 2 is 1.57 bits per heavy atom. The van der Waals surface area contributed by atoms with Crippen LogP contribution in [0.5, 0.6) is 0 Å². The van der Waals surface area contributed by atoms with Crippen LogP contribution in [0.15, 0.2) is 0 Å². The van der Waals surface area contributed by atoms with E-state index >= 15 is 0 Å². The van der Waals surface area contributed by atoms with Crippen molar-refractivity contribution in [2.75, 3.05) is 0 Å². The fraction of sp³-hybridized carbons (Fsp3) is 0.800. The highest BCUT2D eigenvalue weighted by Crippen LogP contribution is 2.66. The van der Waals surface area contributed by atoms with Gasteiger partial charge in [0, 0.05) is 0 Å². The van der Waals surface area contributed by atoms with E-state index in [0.29, 0.717) is 18.8 Å². The van der Waals surface area contributed by atoms with E-state index in [1.54, 1.807) is 0 Å². The van der Waals surface area contributed by atoms with Crippen LogP contribution in [-0.2, 0) is 9.59 Å². The van der Waals surface area contributed by atoms with E-state index in [-0.39, 0.29) is 5.41 Å². The van der Waals surface area contributed by atoms with Crippen LogP contribution in [0.1, 0.15) is 32.6 Å². The van der Waals surface area contributed by atoms with Gasteiger partial charge in [-0.05, 0) is 37.0 Å². The second kappa shape index (κ2) is 2.49. The summed E-state index contributed by atoms with van der Waals surface area (Å²) in [5.74, 6) is -1.71. The summed E-state index contributed by atoms with van der Waals surface area (Å²) in [5.41, 5.74) is -1.42. The van der Waals surface area contributed by atoms with Crippen LogP contribution < -0.4 is 0 Å². The highest BCUT2D eigenvalue weighted by atomic mass is 16.4. The fourth-order valence-corrected chi connectivity index (χ4v) is 3.33. The number of hydrogen-bond donors (Lipinski definition) is 2. The molecule has 4 heteroatoms. The smallest absolute Gasteiger partial charge is 0.321 e. The van der Waals surface area contributed by atoms with Gasteiger partial charge in [-0.25, -0.2) is 0 Å². The standard InChI is InChI=1S/C10H14O4/c1-6-2-9(3-6)4-10(5-9,7(11)12)8(13)14/h6H,2-5H2,1H3,(H,11,12)(H,13,14). The van der Waals surface area contributed by atoms with Gasteiger partial charge in [-0.15, -0.1) is 0 Å². The van der Waals surface area contributed by atoms with Crippen molar-refractivity contribution in [3.05, 3.63) is 0 Å². The molecule has 14 heavy (non-hydrogen) atoms. The lowest BCUT2D eigenvalue weighted by atomic mass is 9.43. The Bertz CT molecular complexity index is 277. The van der Waals surface area contributed by atoms with E-state index in [2.05, 4.69) is 6.92 Å². The Kier molecular flexibility index (Phi) is 1.69. The SMILES string of the molecule is CC1CC2(C1)CC(C(=O)O)(C(=O)O)C2. The third-order valence-corrected chi connectivity index (χ3v) is 3.74. The normalized spacial score (nSPS) is 27.8. The summed E-state index contributed by atoms with van der Waals surface area (Å²) < 4.78 is 0. The quantitative estimate of drug-likeness (QED) is 0.657. The van der Waals surface area contributed by atoms with E-state index in [1.165, 1.54) is 0 Å². The molecule has 1 spiro atoms. The molecule has 2 fully saturated rings. The first-order chi connectivity index (χ1) is 6.40. The van der Waals surface area contributed by atoms with Gasteiger partial charge in [0.05, 0.1) is 0 Å². The van der Waals surface area contributed by atoms with Crippen molar-refractivity contribution in [3.63, 3.8) is 0 Å². The largest absolute Gasteiger partial charge is 0.480 e. The van der Waals surface area contributed by atoms with E-state index in [9.17, 15) is 9.59 Å². The molecule has 0 aromatic heterocycles. The molecule has 0 radical (unpaired) electrons. The molecule has 2 rings (SSSR count). The summed E-state index contributed by atoms with van der Waals surface area (Å²) in [6.07, 6.45) is 2.65. The highest BCUT2D eigenvalue weighted by molar-refractivity contribution is 5.99. The number of carbonyl (C=O) groups is 2. The molecule has 2 aliphatic carbocycles. The van der Waals surface area contributed by atoms with Gasteiger partial charge in [-0.3, -0.25) is 9.59 Å². The van der Waals surface area contributed by atoms with Crippen LogP contribution in [0.25, 0.3) is 0 Å². The zero-order valence-electron chi connectivity index (χ0n) is 8.12. The van der Waals surface area contributed by atoms with Crippen LogP contribution >= 0.6 is 0 Å². The second-order valence-corrected chi connectivity index (χ2v) is 5.06. The molecule has 0 aliphatic heterocycles. The van der Waals surface area contributed by atoms with E-state index in [4.69, 9.17) is 10.2 Å². The molecule has 4 nitrogen and oxygen atoms in total. The van der Waals surface area contributed by atoms with E-state index in [1.807, 2.05) is 0 Å². The number of hydrogen-bond acceptors (Lipinski definition) is 2. The van der Waals surface area contributed by atoms with Crippen LogP contribution in [0.3, 0.4) is 0 Å². The maximum Gasteiger partial charge on any atom is 0.321 e. The summed E-state index contributed by atoms with van der Waals surface area (Å²) in [5, 5.41) is 17.8. The molecule has 78 valence electrons. The minimum Gasteiger partial charge on any atom is -0.480 e. The lowest BCUT2D eigenvalue weighted by molar-refractivity contribution is -0.195. The minimum atomic E-state index is -1.47. The molecular weight excluding hydrogens is 184 g/mol. The molecule has 0 atom stereocenters. The molecule has 2 aliphatic rings. The Hall–Kier alpha value is -1.06. The van der Waals surface area contributed by atoms with Gasteiger partial charge >= 0.3 is 11.9 Å². The summed E-state index contributed by atoms with van der Waals surface area (Å²) in [6.45, 7) is 2.12. The molecule has 0 heterocycles. The van der Waals surface area contributed by atoms with Gasteiger partial charge < -0.3 is 10.2 Å². The topological polar surface area (TPSA) is 74.6 Å². The highest BCUT2D eigenvalue weighted by Gasteiger charge is 2.66. The first kappa shape index (κ1) is 9.49. The lowest BCUT2D eigenvalue weighted by Crippen LogP contribution is -2.60. The van der Waals surface area contributed by atoms with E-state index < -0.39 is 17.4 Å². The first-order valence-corrected chi connectivity index (χ1v) is 4.87. The van der Waals surface area contributed by atoms with Gasteiger partial charge in [0.15, 0.2) is 5.41 Å². The fourth-order valence-electron chi connectivity index (χ4n) is 3.33. The van der Waals surface area contributed by atoms with Crippen LogP contribution in [0, 0.1) is 16.7 Å². The molecule has 0 bridgehead atoms. The molecule has 2 N–H and O–H groups in total. The molecule has 0 aromatic rings. The van der Waals surface area contributed by atoms with Crippen LogP contribution in [-0.4, -0.2) is 22.2 Å². The number of rotatable bonds is 2. The molecule has 2 saturated carbocycles. The van der Waals surface area contributed by atoms with Crippen LogP contribution in [0.2, 0.25) is 0 Å². The number of carboxylic acids is 2. The van der Waals surface area contributed by atoms with Crippen LogP contribution in [0.4, 0.5) is 0 Å². The molecular formula is C10H14O4. The third kappa shape index (κ3) is 0.996. The minimum absolute atomic E-state index is 0.0518. The second-order valence-electron chi connectivity index (χ2n) is 5.06. The van der Waals surface area contributed by atoms with Gasteiger partial charge in [0.25, 0.3) is 0 Å². The van der Waals surface area contributed by atoms with Crippen molar-refractivity contribution in [2.45, 2.75) is 32.6 Å². The summed E-state index contributed by atoms with van der Waals surface area (Å²) in [4.78, 5) is 21.7. The third-order valence-electron chi connectivity index (χ3n) is 3.74. The van der Waals surface area contributed by atoms with Crippen molar-refractivity contribution in [3.8, 4) is 0 Å². The summed E-state index contributed by atoms with van der Waals surface area (Å²) >= 11 is 0. The van der Waals surface area contributed by atoms with Crippen molar-refractivity contribution < 1.29 is 19.8 Å². The summed E-state index contributed by atoms with van der Waals surface area (Å²) in [6, 6.07) is 0. The van der Waals surface area contributed by atoms with Crippen molar-refractivity contribution in [1.29, 1.82) is 0 Å². The Morgan fingerprint density at radius 3 is 1.86 bits per heavy atom. The Morgan fingerprint density at radius 1 is 1.14 bits per heavy atom. The number of aliphatic carboxylic acids is 2. The van der Waals surface area contributed by atoms with Crippen molar-refractivity contribution >= 4 is 11.9 Å². The molecule has 0 unspecified atom stereocenters. The Labute approximate surface area is 81.9 Å². The first-order valence-electron chi connectivity index (χ1n) is 4.87. The lowest BCUT2D eigenvalue weighted by Gasteiger charge is -2.59. The monoisotopic (exact) mass is 198 g/mol. The zero-order chi connectivity index (χ0) is 10.6.